The van der Waals surface area contributed by atoms with Crippen LogP contribution in [0.1, 0.15) is 44.7 Å². The van der Waals surface area contributed by atoms with Gasteiger partial charge in [0, 0.05) is 49.9 Å². The van der Waals surface area contributed by atoms with E-state index in [1.807, 2.05) is 11.5 Å². The summed E-state index contributed by atoms with van der Waals surface area (Å²) in [6.45, 7) is 4.49. The van der Waals surface area contributed by atoms with Crippen LogP contribution in [0, 0.1) is 13.8 Å². The number of carbonyl (C=O) groups excluding carboxylic acids is 1. The van der Waals surface area contributed by atoms with E-state index in [1.54, 1.807) is 42.5 Å². The van der Waals surface area contributed by atoms with Gasteiger partial charge in [-0.05, 0) is 49.1 Å². The molecule has 1 aromatic carbocycles. The van der Waals surface area contributed by atoms with Gasteiger partial charge in [0.1, 0.15) is 11.6 Å². The predicted molar refractivity (Wildman–Crippen MR) is 119 cm³/mol. The summed E-state index contributed by atoms with van der Waals surface area (Å²) >= 11 is 0. The molecule has 0 saturated heterocycles. The number of hydrogen-bond donors (Lipinski definition) is 0. The highest BCUT2D eigenvalue weighted by Crippen LogP contribution is 2.40. The molecule has 1 aliphatic heterocycles. The van der Waals surface area contributed by atoms with Gasteiger partial charge in [-0.1, -0.05) is 0 Å². The molecule has 11 heteroatoms. The molecule has 0 unspecified atom stereocenters. The van der Waals surface area contributed by atoms with Crippen LogP contribution in [0.4, 0.5) is 13.2 Å². The lowest BCUT2D eigenvalue weighted by molar-refractivity contribution is -0.140. The molecule has 3 aromatic heterocycles. The molecule has 1 amide bonds. The van der Waals surface area contributed by atoms with Crippen molar-refractivity contribution in [1.82, 2.24) is 29.2 Å². The number of fused-ring (bicyclic) bond motifs is 1. The molecule has 5 rings (SSSR count). The minimum absolute atomic E-state index is 0.0370. The normalized spacial score (nSPS) is 14.0. The van der Waals surface area contributed by atoms with Crippen LogP contribution >= 0.6 is 0 Å². The Morgan fingerprint density at radius 1 is 1.09 bits per heavy atom. The standard InChI is InChI=1S/C24H23F3N6O2/c1-14-10-29-21(35-14)13-33-6-4-17-18(20-12-31(3)30-22(20)24(25,26)27)8-16(9-19(17)23(33)34)11-32-7-5-28-15(32)2/h5,7-10,12H,4,6,11,13H2,1-3H3. The number of rotatable bonds is 5. The van der Waals surface area contributed by atoms with Crippen LogP contribution in [0.5, 0.6) is 0 Å². The van der Waals surface area contributed by atoms with Gasteiger partial charge >= 0.3 is 6.18 Å². The second-order valence-electron chi connectivity index (χ2n) is 8.68. The summed E-state index contributed by atoms with van der Waals surface area (Å²) in [5.41, 5.74) is 1.02. The molecule has 4 heterocycles. The van der Waals surface area contributed by atoms with Crippen LogP contribution in [0.3, 0.4) is 0 Å². The Labute approximate surface area is 199 Å². The zero-order chi connectivity index (χ0) is 24.9. The van der Waals surface area contributed by atoms with Crippen molar-refractivity contribution in [2.45, 2.75) is 39.5 Å². The predicted octanol–water partition coefficient (Wildman–Crippen LogP) is 4.15. The number of benzene rings is 1. The second-order valence-corrected chi connectivity index (χ2v) is 8.68. The van der Waals surface area contributed by atoms with Gasteiger partial charge in [0.05, 0.1) is 12.7 Å². The summed E-state index contributed by atoms with van der Waals surface area (Å²) in [7, 11) is 1.45. The van der Waals surface area contributed by atoms with Crippen molar-refractivity contribution in [3.05, 3.63) is 76.8 Å². The van der Waals surface area contributed by atoms with Crippen molar-refractivity contribution in [2.75, 3.05) is 6.54 Å². The molecule has 0 spiro atoms. The largest absolute Gasteiger partial charge is 0.444 e. The number of aryl methyl sites for hydroxylation is 3. The van der Waals surface area contributed by atoms with E-state index in [0.29, 0.717) is 53.4 Å². The van der Waals surface area contributed by atoms with Crippen molar-refractivity contribution in [3.63, 3.8) is 0 Å². The summed E-state index contributed by atoms with van der Waals surface area (Å²) in [6, 6.07) is 3.49. The van der Waals surface area contributed by atoms with Crippen LogP contribution < -0.4 is 0 Å². The number of aromatic nitrogens is 5. The van der Waals surface area contributed by atoms with Gasteiger partial charge in [-0.15, -0.1) is 0 Å². The van der Waals surface area contributed by atoms with Gasteiger partial charge in [0.2, 0.25) is 5.89 Å². The van der Waals surface area contributed by atoms with Crippen molar-refractivity contribution in [3.8, 4) is 11.1 Å². The van der Waals surface area contributed by atoms with E-state index in [1.165, 1.54) is 13.2 Å². The number of nitrogens with zero attached hydrogens (tertiary/aromatic N) is 6. The number of carbonyl (C=O) groups is 1. The first-order valence-corrected chi connectivity index (χ1v) is 11.1. The van der Waals surface area contributed by atoms with Gasteiger partial charge in [0.25, 0.3) is 5.91 Å². The van der Waals surface area contributed by atoms with Gasteiger partial charge < -0.3 is 13.9 Å². The summed E-state index contributed by atoms with van der Waals surface area (Å²) < 4.78 is 50.1. The molecular formula is C24H23F3N6O2. The minimum atomic E-state index is -4.63. The number of halogens is 3. The maximum atomic E-state index is 13.8. The monoisotopic (exact) mass is 484 g/mol. The molecular weight excluding hydrogens is 461 g/mol. The third-order valence-electron chi connectivity index (χ3n) is 6.12. The van der Waals surface area contributed by atoms with Crippen molar-refractivity contribution < 1.29 is 22.4 Å². The van der Waals surface area contributed by atoms with E-state index >= 15 is 0 Å². The van der Waals surface area contributed by atoms with Gasteiger partial charge in [0.15, 0.2) is 5.69 Å². The second kappa shape index (κ2) is 8.40. The molecule has 35 heavy (non-hydrogen) atoms. The van der Waals surface area contributed by atoms with E-state index in [9.17, 15) is 18.0 Å². The van der Waals surface area contributed by atoms with Crippen LogP contribution in [0.25, 0.3) is 11.1 Å². The topological polar surface area (TPSA) is 82.0 Å². The van der Waals surface area contributed by atoms with E-state index in [4.69, 9.17) is 4.42 Å². The summed E-state index contributed by atoms with van der Waals surface area (Å²) in [5, 5.41) is 3.68. The fraction of sp³-hybridized carbons (Fsp3) is 0.333. The first kappa shape index (κ1) is 22.9. The SMILES string of the molecule is Cc1cnc(CN2CCc3c(cc(Cn4ccnc4C)cc3-c3cn(C)nc3C(F)(F)F)C2=O)o1. The van der Waals surface area contributed by atoms with Crippen LogP contribution in [-0.2, 0) is 32.7 Å². The number of alkyl halides is 3. The third kappa shape index (κ3) is 4.33. The van der Waals surface area contributed by atoms with E-state index < -0.39 is 11.9 Å². The van der Waals surface area contributed by atoms with E-state index in [-0.39, 0.29) is 18.0 Å². The highest BCUT2D eigenvalue weighted by atomic mass is 19.4. The van der Waals surface area contributed by atoms with E-state index in [2.05, 4.69) is 15.1 Å². The molecule has 0 saturated carbocycles. The summed E-state index contributed by atoms with van der Waals surface area (Å²) in [4.78, 5) is 23.5. The van der Waals surface area contributed by atoms with Crippen LogP contribution in [0.15, 0.2) is 41.3 Å². The fourth-order valence-corrected chi connectivity index (χ4v) is 4.49. The first-order valence-electron chi connectivity index (χ1n) is 11.1. The lowest BCUT2D eigenvalue weighted by atomic mass is 9.88. The Hall–Kier alpha value is -3.89. The molecule has 8 nitrogen and oxygen atoms in total. The maximum Gasteiger partial charge on any atom is 0.435 e. The minimum Gasteiger partial charge on any atom is -0.444 e. The third-order valence-corrected chi connectivity index (χ3v) is 6.12. The van der Waals surface area contributed by atoms with Crippen LogP contribution in [-0.4, -0.2) is 41.7 Å². The molecule has 0 aliphatic carbocycles. The Kier molecular flexibility index (Phi) is 5.49. The van der Waals surface area contributed by atoms with Crippen LogP contribution in [0.2, 0.25) is 0 Å². The Morgan fingerprint density at radius 3 is 2.51 bits per heavy atom. The Bertz CT molecular complexity index is 1410. The van der Waals surface area contributed by atoms with Gasteiger partial charge in [-0.25, -0.2) is 9.97 Å². The van der Waals surface area contributed by atoms with Gasteiger partial charge in [-0.2, -0.15) is 18.3 Å². The highest BCUT2D eigenvalue weighted by Gasteiger charge is 2.39. The molecule has 0 fully saturated rings. The zero-order valence-corrected chi connectivity index (χ0v) is 19.4. The smallest absolute Gasteiger partial charge is 0.435 e. The molecule has 0 N–H and O–H groups in total. The van der Waals surface area contributed by atoms with Gasteiger partial charge in [-0.3, -0.25) is 9.48 Å². The molecule has 1 aliphatic rings. The number of oxazole rings is 1. The summed E-state index contributed by atoms with van der Waals surface area (Å²) in [6.07, 6.45) is 2.15. The molecule has 182 valence electrons. The zero-order valence-electron chi connectivity index (χ0n) is 19.4. The molecule has 0 atom stereocenters. The quantitative estimate of drug-likeness (QED) is 0.425. The fourth-order valence-electron chi connectivity index (χ4n) is 4.49. The number of amides is 1. The summed E-state index contributed by atoms with van der Waals surface area (Å²) in [5.74, 6) is 1.54. The average Bonchev–Trinajstić information content (AvgIpc) is 3.50. The lowest BCUT2D eigenvalue weighted by Gasteiger charge is -2.29. The average molecular weight is 484 g/mol. The molecule has 0 bridgehead atoms. The highest BCUT2D eigenvalue weighted by molar-refractivity contribution is 5.99. The van der Waals surface area contributed by atoms with Crippen molar-refractivity contribution >= 4 is 5.91 Å². The first-order chi connectivity index (χ1) is 16.6. The Balaban J connectivity index is 1.62. The lowest BCUT2D eigenvalue weighted by Crippen LogP contribution is -2.37. The van der Waals surface area contributed by atoms with Crippen molar-refractivity contribution in [1.29, 1.82) is 0 Å². The van der Waals surface area contributed by atoms with E-state index in [0.717, 1.165) is 10.5 Å². The molecule has 4 aromatic rings. The van der Waals surface area contributed by atoms with Crippen molar-refractivity contribution in [2.24, 2.45) is 7.05 Å². The number of hydrogen-bond acceptors (Lipinski definition) is 5. The number of imidazole rings is 1. The Morgan fingerprint density at radius 2 is 1.86 bits per heavy atom. The molecule has 0 radical (unpaired) electrons. The maximum absolute atomic E-state index is 13.8.